The second-order valence-corrected chi connectivity index (χ2v) is 5.59. The molecule has 3 rings (SSSR count). The van der Waals surface area contributed by atoms with Gasteiger partial charge in [-0.3, -0.25) is 4.90 Å². The van der Waals surface area contributed by atoms with Crippen LogP contribution in [0.15, 0.2) is 18.3 Å². The molecule has 5 nitrogen and oxygen atoms in total. The fourth-order valence-corrected chi connectivity index (χ4v) is 3.02. The molecule has 0 saturated carbocycles. The van der Waals surface area contributed by atoms with Gasteiger partial charge < -0.3 is 14.8 Å². The van der Waals surface area contributed by atoms with Gasteiger partial charge in [0.2, 0.25) is 5.88 Å². The third-order valence-electron chi connectivity index (χ3n) is 4.17. The third-order valence-corrected chi connectivity index (χ3v) is 4.17. The number of pyridine rings is 1. The molecule has 0 aliphatic carbocycles. The molecule has 5 heteroatoms. The fourth-order valence-electron chi connectivity index (χ4n) is 3.02. The second-order valence-electron chi connectivity index (χ2n) is 5.59. The normalized spacial score (nSPS) is 26.4. The summed E-state index contributed by atoms with van der Waals surface area (Å²) in [5.74, 6) is 0.657. The molecule has 2 atom stereocenters. The van der Waals surface area contributed by atoms with Gasteiger partial charge in [-0.1, -0.05) is 6.07 Å². The van der Waals surface area contributed by atoms with E-state index in [4.69, 9.17) is 9.47 Å². The molecule has 20 heavy (non-hydrogen) atoms. The molecule has 0 spiro atoms. The van der Waals surface area contributed by atoms with Gasteiger partial charge in [-0.05, 0) is 24.9 Å². The zero-order chi connectivity index (χ0) is 13.8. The van der Waals surface area contributed by atoms with Crippen LogP contribution >= 0.6 is 0 Å². The second kappa shape index (κ2) is 6.52. The largest absolute Gasteiger partial charge is 0.481 e. The van der Waals surface area contributed by atoms with E-state index in [2.05, 4.69) is 15.2 Å². The fraction of sp³-hybridized carbons (Fsp3) is 0.667. The molecule has 2 aliphatic heterocycles. The molecule has 2 aliphatic rings. The Bertz CT molecular complexity index is 424. The first-order valence-electron chi connectivity index (χ1n) is 7.40. The standard InChI is InChI=1S/C15H23N3O2/c1-19-15-5-4-12(8-17-15)7-16-9-14-10-18-6-2-3-13(18)11-20-14/h4-5,8,13-14,16H,2-3,6-7,9-11H2,1H3. The van der Waals surface area contributed by atoms with Crippen LogP contribution in [0.25, 0.3) is 0 Å². The van der Waals surface area contributed by atoms with Gasteiger partial charge in [-0.15, -0.1) is 0 Å². The molecule has 1 aromatic rings. The van der Waals surface area contributed by atoms with Crippen molar-refractivity contribution in [1.29, 1.82) is 0 Å². The Labute approximate surface area is 120 Å². The molecule has 0 bridgehead atoms. The lowest BCUT2D eigenvalue weighted by atomic mass is 10.2. The Morgan fingerprint density at radius 3 is 3.25 bits per heavy atom. The summed E-state index contributed by atoms with van der Waals surface area (Å²) in [5.41, 5.74) is 1.17. The molecule has 0 aromatic carbocycles. The summed E-state index contributed by atoms with van der Waals surface area (Å²) < 4.78 is 11.0. The van der Waals surface area contributed by atoms with Crippen LogP contribution in [0, 0.1) is 0 Å². The summed E-state index contributed by atoms with van der Waals surface area (Å²) in [6.07, 6.45) is 4.79. The predicted octanol–water partition coefficient (Wildman–Crippen LogP) is 1.04. The van der Waals surface area contributed by atoms with E-state index >= 15 is 0 Å². The van der Waals surface area contributed by atoms with E-state index in [0.717, 1.165) is 26.2 Å². The number of morpholine rings is 1. The van der Waals surface area contributed by atoms with E-state index in [1.54, 1.807) is 7.11 Å². The summed E-state index contributed by atoms with van der Waals surface area (Å²) in [4.78, 5) is 6.78. The van der Waals surface area contributed by atoms with Crippen LogP contribution in [0.2, 0.25) is 0 Å². The van der Waals surface area contributed by atoms with E-state index in [1.807, 2.05) is 18.3 Å². The Morgan fingerprint density at radius 2 is 2.45 bits per heavy atom. The predicted molar refractivity (Wildman–Crippen MR) is 76.8 cm³/mol. The van der Waals surface area contributed by atoms with Gasteiger partial charge in [-0.2, -0.15) is 0 Å². The highest BCUT2D eigenvalue weighted by Crippen LogP contribution is 2.22. The van der Waals surface area contributed by atoms with Crippen LogP contribution in [-0.2, 0) is 11.3 Å². The number of nitrogens with zero attached hydrogens (tertiary/aromatic N) is 2. The molecule has 0 radical (unpaired) electrons. The SMILES string of the molecule is COc1ccc(CNCC2CN3CCCC3CO2)cn1. The van der Waals surface area contributed by atoms with Gasteiger partial charge in [0.25, 0.3) is 0 Å². The van der Waals surface area contributed by atoms with Gasteiger partial charge in [0.15, 0.2) is 0 Å². The lowest BCUT2D eigenvalue weighted by Crippen LogP contribution is -2.49. The molecule has 110 valence electrons. The number of rotatable bonds is 5. The Hall–Kier alpha value is -1.17. The van der Waals surface area contributed by atoms with Crippen molar-refractivity contribution in [2.45, 2.75) is 31.5 Å². The van der Waals surface area contributed by atoms with Crippen molar-refractivity contribution in [2.24, 2.45) is 0 Å². The molecule has 2 fully saturated rings. The van der Waals surface area contributed by atoms with Crippen molar-refractivity contribution in [3.63, 3.8) is 0 Å². The van der Waals surface area contributed by atoms with Gasteiger partial charge in [0.05, 0.1) is 19.8 Å². The van der Waals surface area contributed by atoms with Gasteiger partial charge in [-0.25, -0.2) is 4.98 Å². The van der Waals surface area contributed by atoms with Crippen molar-refractivity contribution < 1.29 is 9.47 Å². The summed E-state index contributed by atoms with van der Waals surface area (Å²) in [7, 11) is 1.63. The zero-order valence-electron chi connectivity index (χ0n) is 12.0. The van der Waals surface area contributed by atoms with Crippen LogP contribution in [0.1, 0.15) is 18.4 Å². The molecule has 3 heterocycles. The van der Waals surface area contributed by atoms with E-state index in [0.29, 0.717) is 18.0 Å². The lowest BCUT2D eigenvalue weighted by molar-refractivity contribution is -0.0470. The average molecular weight is 277 g/mol. The van der Waals surface area contributed by atoms with E-state index in [9.17, 15) is 0 Å². The first-order chi connectivity index (χ1) is 9.85. The highest BCUT2D eigenvalue weighted by molar-refractivity contribution is 5.17. The Morgan fingerprint density at radius 1 is 1.50 bits per heavy atom. The zero-order valence-corrected chi connectivity index (χ0v) is 12.0. The van der Waals surface area contributed by atoms with Crippen molar-refractivity contribution in [1.82, 2.24) is 15.2 Å². The lowest BCUT2D eigenvalue weighted by Gasteiger charge is -2.35. The first-order valence-corrected chi connectivity index (χ1v) is 7.40. The number of hydrogen-bond acceptors (Lipinski definition) is 5. The molecular formula is C15H23N3O2. The molecule has 1 N–H and O–H groups in total. The van der Waals surface area contributed by atoms with E-state index < -0.39 is 0 Å². The van der Waals surface area contributed by atoms with Gasteiger partial charge in [0, 0.05) is 37.9 Å². The third kappa shape index (κ3) is 3.29. The van der Waals surface area contributed by atoms with Crippen LogP contribution in [0.5, 0.6) is 5.88 Å². The van der Waals surface area contributed by atoms with Gasteiger partial charge in [0.1, 0.15) is 0 Å². The Kier molecular flexibility index (Phi) is 4.50. The summed E-state index contributed by atoms with van der Waals surface area (Å²) in [6, 6.07) is 4.61. The summed E-state index contributed by atoms with van der Waals surface area (Å²) in [6.45, 7) is 4.93. The minimum Gasteiger partial charge on any atom is -0.481 e. The molecule has 1 aromatic heterocycles. The van der Waals surface area contributed by atoms with Crippen LogP contribution < -0.4 is 10.1 Å². The highest BCUT2D eigenvalue weighted by atomic mass is 16.5. The summed E-state index contributed by atoms with van der Waals surface area (Å²) >= 11 is 0. The number of ether oxygens (including phenoxy) is 2. The van der Waals surface area contributed by atoms with E-state index in [-0.39, 0.29) is 0 Å². The molecule has 2 saturated heterocycles. The van der Waals surface area contributed by atoms with Gasteiger partial charge >= 0.3 is 0 Å². The number of fused-ring (bicyclic) bond motifs is 1. The van der Waals surface area contributed by atoms with E-state index in [1.165, 1.54) is 24.9 Å². The number of nitrogens with one attached hydrogen (secondary N) is 1. The van der Waals surface area contributed by atoms with Crippen LogP contribution in [-0.4, -0.2) is 55.4 Å². The maximum Gasteiger partial charge on any atom is 0.212 e. The Balaban J connectivity index is 1.41. The summed E-state index contributed by atoms with van der Waals surface area (Å²) in [5, 5.41) is 3.46. The van der Waals surface area contributed by atoms with Crippen molar-refractivity contribution in [3.8, 4) is 5.88 Å². The quantitative estimate of drug-likeness (QED) is 0.871. The maximum absolute atomic E-state index is 5.93. The van der Waals surface area contributed by atoms with Crippen molar-refractivity contribution in [2.75, 3.05) is 33.4 Å². The number of aromatic nitrogens is 1. The van der Waals surface area contributed by atoms with Crippen molar-refractivity contribution in [3.05, 3.63) is 23.9 Å². The average Bonchev–Trinajstić information content (AvgIpc) is 2.95. The molecule has 2 unspecified atom stereocenters. The minimum absolute atomic E-state index is 0.315. The molecular weight excluding hydrogens is 254 g/mol. The maximum atomic E-state index is 5.93. The van der Waals surface area contributed by atoms with Crippen molar-refractivity contribution >= 4 is 0 Å². The highest BCUT2D eigenvalue weighted by Gasteiger charge is 2.31. The molecule has 0 amide bonds. The first kappa shape index (κ1) is 13.8. The monoisotopic (exact) mass is 277 g/mol. The number of methoxy groups -OCH3 is 1. The smallest absolute Gasteiger partial charge is 0.212 e. The van der Waals surface area contributed by atoms with Crippen LogP contribution in [0.4, 0.5) is 0 Å². The minimum atomic E-state index is 0.315. The number of hydrogen-bond donors (Lipinski definition) is 1. The topological polar surface area (TPSA) is 46.6 Å². The van der Waals surface area contributed by atoms with Crippen LogP contribution in [0.3, 0.4) is 0 Å².